The minimum Gasteiger partial charge on any atom is -0.482 e. The number of carbonyl (C=O) groups is 2. The van der Waals surface area contributed by atoms with Crippen molar-refractivity contribution in [3.63, 3.8) is 0 Å². The van der Waals surface area contributed by atoms with Gasteiger partial charge in [-0.2, -0.15) is 0 Å². The average molecular weight is 292 g/mol. The fourth-order valence-electron chi connectivity index (χ4n) is 2.18. The van der Waals surface area contributed by atoms with Crippen LogP contribution in [0, 0.1) is 0 Å². The summed E-state index contributed by atoms with van der Waals surface area (Å²) in [5.74, 6) is 0.0986. The van der Waals surface area contributed by atoms with Gasteiger partial charge < -0.3 is 20.1 Å². The molecule has 2 amide bonds. The number of hydrogen-bond donors (Lipinski definition) is 2. The Labute approximate surface area is 123 Å². The van der Waals surface area contributed by atoms with Crippen molar-refractivity contribution in [2.75, 3.05) is 25.0 Å². The zero-order valence-corrected chi connectivity index (χ0v) is 12.5. The van der Waals surface area contributed by atoms with Crippen molar-refractivity contribution >= 4 is 17.5 Å². The predicted octanol–water partition coefficient (Wildman–Crippen LogP) is 1.25. The lowest BCUT2D eigenvalue weighted by Gasteiger charge is -2.28. The Hall–Kier alpha value is -2.08. The molecule has 0 aliphatic carbocycles. The van der Waals surface area contributed by atoms with Crippen molar-refractivity contribution < 1.29 is 19.4 Å². The number of fused-ring (bicyclic) bond motifs is 1. The lowest BCUT2D eigenvalue weighted by molar-refractivity contribution is -0.118. The third-order valence-corrected chi connectivity index (χ3v) is 3.11. The predicted molar refractivity (Wildman–Crippen MR) is 78.4 cm³/mol. The highest BCUT2D eigenvalue weighted by Crippen LogP contribution is 2.29. The fraction of sp³-hybridized carbons (Fsp3) is 0.467. The number of ether oxygens (including phenoxy) is 1. The van der Waals surface area contributed by atoms with E-state index in [9.17, 15) is 14.7 Å². The van der Waals surface area contributed by atoms with E-state index in [2.05, 4.69) is 5.32 Å². The zero-order valence-electron chi connectivity index (χ0n) is 12.5. The summed E-state index contributed by atoms with van der Waals surface area (Å²) in [5.41, 5.74) is 0.0778. The minimum absolute atomic E-state index is 0.0498. The van der Waals surface area contributed by atoms with Crippen LogP contribution in [0.2, 0.25) is 0 Å². The Morgan fingerprint density at radius 2 is 2.19 bits per heavy atom. The highest BCUT2D eigenvalue weighted by atomic mass is 16.5. The number of benzene rings is 1. The molecule has 21 heavy (non-hydrogen) atoms. The van der Waals surface area contributed by atoms with Crippen LogP contribution in [-0.4, -0.2) is 47.1 Å². The van der Waals surface area contributed by atoms with Gasteiger partial charge >= 0.3 is 0 Å². The molecule has 0 unspecified atom stereocenters. The van der Waals surface area contributed by atoms with Gasteiger partial charge in [0.2, 0.25) is 0 Å². The van der Waals surface area contributed by atoms with Crippen LogP contribution in [0.15, 0.2) is 18.2 Å². The number of rotatable bonds is 4. The minimum atomic E-state index is -0.954. The lowest BCUT2D eigenvalue weighted by atomic mass is 10.1. The SMILES string of the molecule is CCN(CC(C)(C)O)C(=O)c1ccc2c(c1)OCC(=O)N2. The molecule has 1 aliphatic rings. The molecule has 0 atom stereocenters. The van der Waals surface area contributed by atoms with Gasteiger partial charge in [0.15, 0.2) is 6.61 Å². The van der Waals surface area contributed by atoms with E-state index < -0.39 is 5.60 Å². The third kappa shape index (κ3) is 3.72. The van der Waals surface area contributed by atoms with Crippen LogP contribution >= 0.6 is 0 Å². The maximum absolute atomic E-state index is 12.5. The van der Waals surface area contributed by atoms with Gasteiger partial charge in [0.05, 0.1) is 11.3 Å². The van der Waals surface area contributed by atoms with Gasteiger partial charge in [-0.25, -0.2) is 0 Å². The molecule has 0 saturated carbocycles. The molecule has 0 bridgehead atoms. The first-order valence-corrected chi connectivity index (χ1v) is 6.88. The van der Waals surface area contributed by atoms with Crippen LogP contribution in [-0.2, 0) is 4.79 Å². The highest BCUT2D eigenvalue weighted by molar-refractivity contribution is 5.99. The second kappa shape index (κ2) is 5.73. The summed E-state index contributed by atoms with van der Waals surface area (Å²) in [6.45, 7) is 5.88. The highest BCUT2D eigenvalue weighted by Gasteiger charge is 2.24. The van der Waals surface area contributed by atoms with Crippen LogP contribution in [0.3, 0.4) is 0 Å². The van der Waals surface area contributed by atoms with Crippen LogP contribution in [0.4, 0.5) is 5.69 Å². The van der Waals surface area contributed by atoms with E-state index in [-0.39, 0.29) is 25.0 Å². The largest absolute Gasteiger partial charge is 0.482 e. The Kier molecular flexibility index (Phi) is 4.18. The van der Waals surface area contributed by atoms with Crippen LogP contribution in [0.5, 0.6) is 5.75 Å². The first-order chi connectivity index (χ1) is 9.80. The first-order valence-electron chi connectivity index (χ1n) is 6.88. The second-order valence-corrected chi connectivity index (χ2v) is 5.68. The monoisotopic (exact) mass is 292 g/mol. The number of carbonyl (C=O) groups excluding carboxylic acids is 2. The number of aliphatic hydroxyl groups is 1. The number of hydrogen-bond acceptors (Lipinski definition) is 4. The summed E-state index contributed by atoms with van der Waals surface area (Å²) >= 11 is 0. The molecule has 1 aromatic rings. The second-order valence-electron chi connectivity index (χ2n) is 5.68. The summed E-state index contributed by atoms with van der Waals surface area (Å²) in [7, 11) is 0. The van der Waals surface area contributed by atoms with E-state index >= 15 is 0 Å². The molecule has 6 nitrogen and oxygen atoms in total. The first kappa shape index (κ1) is 15.3. The summed E-state index contributed by atoms with van der Waals surface area (Å²) in [6, 6.07) is 4.91. The van der Waals surface area contributed by atoms with Crippen molar-refractivity contribution in [3.05, 3.63) is 23.8 Å². The molecule has 1 aromatic carbocycles. The van der Waals surface area contributed by atoms with Crippen LogP contribution in [0.1, 0.15) is 31.1 Å². The summed E-state index contributed by atoms with van der Waals surface area (Å²) in [6.07, 6.45) is 0. The van der Waals surface area contributed by atoms with E-state index in [0.717, 1.165) is 0 Å². The maximum Gasteiger partial charge on any atom is 0.262 e. The van der Waals surface area contributed by atoms with Crippen LogP contribution in [0.25, 0.3) is 0 Å². The van der Waals surface area contributed by atoms with E-state index in [1.54, 1.807) is 36.9 Å². The molecular formula is C15H20N2O4. The molecule has 0 aromatic heterocycles. The molecule has 2 rings (SSSR count). The molecule has 0 fully saturated rings. The van der Waals surface area contributed by atoms with Crippen molar-refractivity contribution in [2.45, 2.75) is 26.4 Å². The number of amides is 2. The lowest BCUT2D eigenvalue weighted by Crippen LogP contribution is -2.42. The van der Waals surface area contributed by atoms with E-state index in [0.29, 0.717) is 23.5 Å². The molecule has 1 aliphatic heterocycles. The summed E-state index contributed by atoms with van der Waals surface area (Å²) in [5, 5.41) is 12.5. The van der Waals surface area contributed by atoms with Crippen LogP contribution < -0.4 is 10.1 Å². The Bertz CT molecular complexity index is 563. The Balaban J connectivity index is 2.21. The standard InChI is InChI=1S/C15H20N2O4/c1-4-17(9-15(2,3)20)14(19)10-5-6-11-12(7-10)21-8-13(18)16-11/h5-7,20H,4,8-9H2,1-3H3,(H,16,18). The van der Waals surface area contributed by atoms with Gasteiger partial charge in [-0.15, -0.1) is 0 Å². The molecule has 0 spiro atoms. The molecule has 6 heteroatoms. The number of nitrogens with one attached hydrogen (secondary N) is 1. The molecule has 1 heterocycles. The van der Waals surface area contributed by atoms with Crippen molar-refractivity contribution in [2.24, 2.45) is 0 Å². The number of likely N-dealkylation sites (N-methyl/N-ethyl adjacent to an activating group) is 1. The normalized spacial score (nSPS) is 14.0. The smallest absolute Gasteiger partial charge is 0.262 e. The van der Waals surface area contributed by atoms with Gasteiger partial charge in [0.1, 0.15) is 5.75 Å². The number of nitrogens with zero attached hydrogens (tertiary/aromatic N) is 1. The number of anilines is 1. The van der Waals surface area contributed by atoms with Crippen molar-refractivity contribution in [1.82, 2.24) is 4.90 Å². The summed E-state index contributed by atoms with van der Waals surface area (Å²) in [4.78, 5) is 25.3. The van der Waals surface area contributed by atoms with Crippen molar-refractivity contribution in [3.8, 4) is 5.75 Å². The summed E-state index contributed by atoms with van der Waals surface area (Å²) < 4.78 is 5.31. The fourth-order valence-corrected chi connectivity index (χ4v) is 2.18. The van der Waals surface area contributed by atoms with Gasteiger partial charge in [-0.3, -0.25) is 9.59 Å². The van der Waals surface area contributed by atoms with Gasteiger partial charge in [-0.1, -0.05) is 0 Å². The van der Waals surface area contributed by atoms with Gasteiger partial charge in [0, 0.05) is 18.7 Å². The molecule has 0 saturated heterocycles. The van der Waals surface area contributed by atoms with E-state index in [1.807, 2.05) is 6.92 Å². The average Bonchev–Trinajstić information content (AvgIpc) is 2.42. The Morgan fingerprint density at radius 1 is 1.48 bits per heavy atom. The molecule has 114 valence electrons. The molecular weight excluding hydrogens is 272 g/mol. The van der Waals surface area contributed by atoms with Gasteiger partial charge in [-0.05, 0) is 39.0 Å². The zero-order chi connectivity index (χ0) is 15.6. The van der Waals surface area contributed by atoms with Crippen molar-refractivity contribution in [1.29, 1.82) is 0 Å². The van der Waals surface area contributed by atoms with Gasteiger partial charge in [0.25, 0.3) is 11.8 Å². The quantitative estimate of drug-likeness (QED) is 0.875. The topological polar surface area (TPSA) is 78.9 Å². The van der Waals surface area contributed by atoms with E-state index in [4.69, 9.17) is 4.74 Å². The third-order valence-electron chi connectivity index (χ3n) is 3.11. The Morgan fingerprint density at radius 3 is 2.81 bits per heavy atom. The molecule has 0 radical (unpaired) electrons. The maximum atomic E-state index is 12.5. The van der Waals surface area contributed by atoms with E-state index in [1.165, 1.54) is 0 Å². The molecule has 2 N–H and O–H groups in total.